The van der Waals surface area contributed by atoms with Crippen LogP contribution in [0.2, 0.25) is 0 Å². The maximum atomic E-state index is 13.3. The molecule has 9 nitrogen and oxygen atoms in total. The molecule has 3 aromatic rings. The lowest BCUT2D eigenvalue weighted by molar-refractivity contribution is -0.136. The molecular weight excluding hydrogens is 431 g/mol. The van der Waals surface area contributed by atoms with Crippen molar-refractivity contribution in [2.75, 3.05) is 7.11 Å². The zero-order valence-corrected chi connectivity index (χ0v) is 18.0. The smallest absolute Gasteiger partial charge is 0.362 e. The predicted octanol–water partition coefficient (Wildman–Crippen LogP) is 2.58. The SMILES string of the molecule is COc1nc2occc2nc1C(=O)OC1CC2CCC(C(N)=O)(C1)N2Cc1ccc(F)cc1. The molecule has 2 aliphatic rings. The molecule has 2 saturated heterocycles. The van der Waals surface area contributed by atoms with Crippen molar-refractivity contribution in [1.82, 2.24) is 14.9 Å². The topological polar surface area (TPSA) is 121 Å². The summed E-state index contributed by atoms with van der Waals surface area (Å²) in [5.74, 6) is -1.45. The average Bonchev–Trinajstić information content (AvgIpc) is 3.34. The van der Waals surface area contributed by atoms with Crippen molar-refractivity contribution in [1.29, 1.82) is 0 Å². The summed E-state index contributed by atoms with van der Waals surface area (Å²) in [7, 11) is 1.38. The van der Waals surface area contributed by atoms with Gasteiger partial charge in [0.05, 0.1) is 13.4 Å². The van der Waals surface area contributed by atoms with Crippen molar-refractivity contribution in [3.8, 4) is 5.88 Å². The number of hydrogen-bond acceptors (Lipinski definition) is 8. The zero-order valence-electron chi connectivity index (χ0n) is 18.0. The number of carbonyl (C=O) groups is 2. The lowest BCUT2D eigenvalue weighted by atomic mass is 9.85. The van der Waals surface area contributed by atoms with Crippen molar-refractivity contribution >= 4 is 23.1 Å². The van der Waals surface area contributed by atoms with Crippen LogP contribution in [-0.2, 0) is 16.1 Å². The molecule has 2 N–H and O–H groups in total. The summed E-state index contributed by atoms with van der Waals surface area (Å²) in [5, 5.41) is 0. The Labute approximate surface area is 188 Å². The van der Waals surface area contributed by atoms with Gasteiger partial charge in [-0.25, -0.2) is 14.2 Å². The molecule has 2 aliphatic heterocycles. The second-order valence-electron chi connectivity index (χ2n) is 8.50. The van der Waals surface area contributed by atoms with Crippen molar-refractivity contribution < 1.29 is 27.9 Å². The maximum absolute atomic E-state index is 13.3. The quantitative estimate of drug-likeness (QED) is 0.564. The molecule has 2 fully saturated rings. The molecule has 2 bridgehead atoms. The van der Waals surface area contributed by atoms with E-state index in [-0.39, 0.29) is 35.6 Å². The molecule has 5 rings (SSSR count). The first-order chi connectivity index (χ1) is 15.9. The number of carbonyl (C=O) groups excluding carboxylic acids is 2. The fourth-order valence-corrected chi connectivity index (χ4v) is 5.06. The van der Waals surface area contributed by atoms with Gasteiger partial charge in [0.1, 0.15) is 23.0 Å². The molecule has 172 valence electrons. The van der Waals surface area contributed by atoms with E-state index in [0.717, 1.165) is 12.0 Å². The van der Waals surface area contributed by atoms with E-state index in [2.05, 4.69) is 14.9 Å². The molecule has 2 aromatic heterocycles. The third-order valence-corrected chi connectivity index (χ3v) is 6.63. The van der Waals surface area contributed by atoms with Crippen molar-refractivity contribution in [3.63, 3.8) is 0 Å². The lowest BCUT2D eigenvalue weighted by Crippen LogP contribution is -2.60. The predicted molar refractivity (Wildman–Crippen MR) is 114 cm³/mol. The summed E-state index contributed by atoms with van der Waals surface area (Å²) in [6.45, 7) is 0.463. The maximum Gasteiger partial charge on any atom is 0.362 e. The van der Waals surface area contributed by atoms with Gasteiger partial charge in [0.25, 0.3) is 5.88 Å². The molecule has 4 heterocycles. The summed E-state index contributed by atoms with van der Waals surface area (Å²) in [6.07, 6.45) is 3.05. The van der Waals surface area contributed by atoms with E-state index in [1.165, 1.54) is 25.5 Å². The number of furan rings is 1. The van der Waals surface area contributed by atoms with Crippen LogP contribution in [0.5, 0.6) is 5.88 Å². The van der Waals surface area contributed by atoms with Gasteiger partial charge in [0.15, 0.2) is 0 Å². The van der Waals surface area contributed by atoms with E-state index in [1.807, 2.05) is 0 Å². The lowest BCUT2D eigenvalue weighted by Gasteiger charge is -2.45. The highest BCUT2D eigenvalue weighted by Gasteiger charge is 2.56. The van der Waals surface area contributed by atoms with Crippen LogP contribution in [0.4, 0.5) is 4.39 Å². The van der Waals surface area contributed by atoms with Gasteiger partial charge in [-0.3, -0.25) is 9.69 Å². The second-order valence-corrected chi connectivity index (χ2v) is 8.50. The molecule has 33 heavy (non-hydrogen) atoms. The average molecular weight is 454 g/mol. The van der Waals surface area contributed by atoms with Crippen molar-refractivity contribution in [3.05, 3.63) is 53.7 Å². The van der Waals surface area contributed by atoms with Gasteiger partial charge in [0.2, 0.25) is 17.3 Å². The Hall–Kier alpha value is -3.53. The minimum absolute atomic E-state index is 0.00145. The van der Waals surface area contributed by atoms with Gasteiger partial charge in [-0.15, -0.1) is 0 Å². The Morgan fingerprint density at radius 2 is 2.06 bits per heavy atom. The highest BCUT2D eigenvalue weighted by atomic mass is 19.1. The third kappa shape index (κ3) is 3.70. The number of benzene rings is 1. The molecular formula is C23H23FN4O5. The number of halogens is 1. The van der Waals surface area contributed by atoms with Gasteiger partial charge in [-0.2, -0.15) is 4.98 Å². The summed E-state index contributed by atoms with van der Waals surface area (Å²) >= 11 is 0. The van der Waals surface area contributed by atoms with Crippen LogP contribution in [0.15, 0.2) is 41.0 Å². The Morgan fingerprint density at radius 3 is 2.79 bits per heavy atom. The molecule has 10 heteroatoms. The first kappa shape index (κ1) is 21.3. The molecule has 1 amide bonds. The number of amides is 1. The molecule has 3 unspecified atom stereocenters. The summed E-state index contributed by atoms with van der Waals surface area (Å²) in [4.78, 5) is 36.1. The van der Waals surface area contributed by atoms with E-state index in [9.17, 15) is 14.0 Å². The number of methoxy groups -OCH3 is 1. The largest absolute Gasteiger partial charge is 0.479 e. The molecule has 0 radical (unpaired) electrons. The number of nitrogens with two attached hydrogens (primary N) is 1. The number of aromatic nitrogens is 2. The van der Waals surface area contributed by atoms with E-state index in [0.29, 0.717) is 24.9 Å². The van der Waals surface area contributed by atoms with Crippen LogP contribution in [0.3, 0.4) is 0 Å². The summed E-state index contributed by atoms with van der Waals surface area (Å²) < 4.78 is 29.5. The Morgan fingerprint density at radius 1 is 1.27 bits per heavy atom. The van der Waals surface area contributed by atoms with E-state index < -0.39 is 23.5 Å². The molecule has 1 aromatic carbocycles. The minimum Gasteiger partial charge on any atom is -0.479 e. The minimum atomic E-state index is -0.938. The summed E-state index contributed by atoms with van der Waals surface area (Å²) in [6, 6.07) is 7.79. The van der Waals surface area contributed by atoms with Crippen LogP contribution in [0.25, 0.3) is 11.2 Å². The normalized spacial score (nSPS) is 24.7. The van der Waals surface area contributed by atoms with E-state index in [4.69, 9.17) is 19.6 Å². The highest BCUT2D eigenvalue weighted by Crippen LogP contribution is 2.46. The van der Waals surface area contributed by atoms with Gasteiger partial charge in [0, 0.05) is 31.5 Å². The van der Waals surface area contributed by atoms with Crippen molar-refractivity contribution in [2.24, 2.45) is 5.73 Å². The first-order valence-electron chi connectivity index (χ1n) is 10.7. The zero-order chi connectivity index (χ0) is 23.2. The number of piperidine rings is 1. The number of ether oxygens (including phenoxy) is 2. The Balaban J connectivity index is 1.37. The van der Waals surface area contributed by atoms with Crippen LogP contribution in [-0.4, -0.2) is 51.5 Å². The molecule has 0 spiro atoms. The van der Waals surface area contributed by atoms with Crippen LogP contribution in [0.1, 0.15) is 41.7 Å². The van der Waals surface area contributed by atoms with Crippen LogP contribution >= 0.6 is 0 Å². The third-order valence-electron chi connectivity index (χ3n) is 6.63. The molecule has 0 saturated carbocycles. The van der Waals surface area contributed by atoms with E-state index >= 15 is 0 Å². The summed E-state index contributed by atoms with van der Waals surface area (Å²) in [5.41, 5.74) is 6.43. The van der Waals surface area contributed by atoms with Crippen LogP contribution < -0.4 is 10.5 Å². The fourth-order valence-electron chi connectivity index (χ4n) is 5.06. The van der Waals surface area contributed by atoms with Gasteiger partial charge >= 0.3 is 5.97 Å². The number of primary amides is 1. The molecule has 0 aliphatic carbocycles. The van der Waals surface area contributed by atoms with Crippen LogP contribution in [0, 0.1) is 5.82 Å². The highest BCUT2D eigenvalue weighted by molar-refractivity contribution is 5.92. The second kappa shape index (κ2) is 8.11. The standard InChI is InChI=1S/C23H23FN4O5/c1-31-20-18(26-17-7-9-32-19(17)27-20)21(29)33-16-10-15-6-8-23(11-16,22(25)30)28(15)12-13-2-4-14(24)5-3-13/h2-5,7,9,15-16H,6,8,10-12H2,1H3,(H2,25,30). The monoisotopic (exact) mass is 454 g/mol. The molecule has 3 atom stereocenters. The number of esters is 1. The van der Waals surface area contributed by atoms with Gasteiger partial charge in [-0.1, -0.05) is 12.1 Å². The Bertz CT molecular complexity index is 1210. The number of fused-ring (bicyclic) bond motifs is 3. The van der Waals surface area contributed by atoms with Gasteiger partial charge in [-0.05, 0) is 30.5 Å². The van der Waals surface area contributed by atoms with Gasteiger partial charge < -0.3 is 19.6 Å². The first-order valence-corrected chi connectivity index (χ1v) is 10.7. The number of rotatable bonds is 6. The van der Waals surface area contributed by atoms with Crippen molar-refractivity contribution in [2.45, 2.75) is 49.9 Å². The number of hydrogen-bond donors (Lipinski definition) is 1. The fraction of sp³-hybridized carbons (Fsp3) is 0.391. The Kier molecular flexibility index (Phi) is 5.24. The van der Waals surface area contributed by atoms with E-state index in [1.54, 1.807) is 18.2 Å². The number of nitrogens with zero attached hydrogens (tertiary/aromatic N) is 3.